The van der Waals surface area contributed by atoms with Gasteiger partial charge in [-0.1, -0.05) is 0 Å². The smallest absolute Gasteiger partial charge is 0.339 e. The molecule has 6 heteroatoms. The third-order valence-corrected chi connectivity index (χ3v) is 2.70. The molecule has 0 heterocycles. The summed E-state index contributed by atoms with van der Waals surface area (Å²) in [5.41, 5.74) is 4.06. The second-order valence-corrected chi connectivity index (χ2v) is 4.21. The number of aryl methyl sites for hydroxylation is 1. The van der Waals surface area contributed by atoms with Gasteiger partial charge in [0.25, 0.3) is 0 Å². The Bertz CT molecular complexity index is 672. The molecule has 1 aromatic rings. The van der Waals surface area contributed by atoms with Crippen molar-refractivity contribution < 1.29 is 19.8 Å². The SMILES string of the molecule is Cc1cc(N/N=C2\C=CC(=O)C(C(=O)O)=C2)ccc1O. The van der Waals surface area contributed by atoms with Crippen molar-refractivity contribution in [3.63, 3.8) is 0 Å². The van der Waals surface area contributed by atoms with E-state index in [0.717, 1.165) is 6.08 Å². The fraction of sp³-hybridized carbons (Fsp3) is 0.0714. The monoisotopic (exact) mass is 272 g/mol. The Labute approximate surface area is 114 Å². The van der Waals surface area contributed by atoms with Gasteiger partial charge in [-0.15, -0.1) is 0 Å². The van der Waals surface area contributed by atoms with Gasteiger partial charge in [-0.2, -0.15) is 5.10 Å². The summed E-state index contributed by atoms with van der Waals surface area (Å²) in [6, 6.07) is 4.85. The molecule has 102 valence electrons. The van der Waals surface area contributed by atoms with Gasteiger partial charge in [0, 0.05) is 0 Å². The number of hydrazone groups is 1. The second-order valence-electron chi connectivity index (χ2n) is 4.21. The van der Waals surface area contributed by atoms with Gasteiger partial charge >= 0.3 is 5.97 Å². The molecule has 0 aliphatic heterocycles. The topological polar surface area (TPSA) is 99.0 Å². The summed E-state index contributed by atoms with van der Waals surface area (Å²) < 4.78 is 0. The molecule has 0 unspecified atom stereocenters. The van der Waals surface area contributed by atoms with E-state index in [0.29, 0.717) is 17.0 Å². The lowest BCUT2D eigenvalue weighted by molar-refractivity contribution is -0.134. The number of phenolic OH excluding ortho intramolecular Hbond substituents is 1. The molecule has 1 aliphatic carbocycles. The van der Waals surface area contributed by atoms with E-state index in [1.54, 1.807) is 19.1 Å². The zero-order chi connectivity index (χ0) is 14.7. The molecule has 0 aromatic heterocycles. The van der Waals surface area contributed by atoms with Gasteiger partial charge < -0.3 is 10.2 Å². The molecule has 1 aliphatic rings. The average molecular weight is 272 g/mol. The number of aromatic hydroxyl groups is 1. The standard InChI is InChI=1S/C14H12N2O4/c1-8-6-9(2-4-12(8)17)15-16-10-3-5-13(18)11(7-10)14(19)20/h2-7,15,17H,1H3,(H,19,20)/b16-10+. The van der Waals surface area contributed by atoms with E-state index in [1.807, 2.05) is 0 Å². The number of aliphatic carboxylic acids is 1. The highest BCUT2D eigenvalue weighted by molar-refractivity contribution is 6.29. The first-order chi connectivity index (χ1) is 9.47. The molecule has 0 atom stereocenters. The number of hydrogen-bond acceptors (Lipinski definition) is 5. The molecule has 0 saturated heterocycles. The maximum Gasteiger partial charge on any atom is 0.339 e. The Morgan fingerprint density at radius 2 is 2.05 bits per heavy atom. The van der Waals surface area contributed by atoms with E-state index < -0.39 is 11.8 Å². The van der Waals surface area contributed by atoms with Crippen molar-refractivity contribution in [3.8, 4) is 5.75 Å². The van der Waals surface area contributed by atoms with Crippen molar-refractivity contribution in [1.29, 1.82) is 0 Å². The van der Waals surface area contributed by atoms with Gasteiger partial charge in [0.2, 0.25) is 0 Å². The zero-order valence-electron chi connectivity index (χ0n) is 10.6. The van der Waals surface area contributed by atoms with Crippen LogP contribution in [0.3, 0.4) is 0 Å². The van der Waals surface area contributed by atoms with Crippen molar-refractivity contribution in [2.45, 2.75) is 6.92 Å². The summed E-state index contributed by atoms with van der Waals surface area (Å²) in [7, 11) is 0. The lowest BCUT2D eigenvalue weighted by atomic mass is 10.0. The summed E-state index contributed by atoms with van der Waals surface area (Å²) in [6.07, 6.45) is 3.78. The first kappa shape index (κ1) is 13.5. The van der Waals surface area contributed by atoms with Crippen LogP contribution in [0.25, 0.3) is 0 Å². The number of carboxylic acid groups (broad SMARTS) is 1. The van der Waals surface area contributed by atoms with E-state index in [4.69, 9.17) is 5.11 Å². The number of carbonyl (C=O) groups excluding carboxylic acids is 1. The lowest BCUT2D eigenvalue weighted by Crippen LogP contribution is -2.15. The fourth-order valence-corrected chi connectivity index (χ4v) is 1.61. The molecule has 3 N–H and O–H groups in total. The quantitative estimate of drug-likeness (QED) is 0.336. The van der Waals surface area contributed by atoms with Gasteiger partial charge in [0.05, 0.1) is 11.4 Å². The number of carbonyl (C=O) groups is 2. The molecule has 1 aromatic carbocycles. The van der Waals surface area contributed by atoms with E-state index in [9.17, 15) is 14.7 Å². The predicted molar refractivity (Wildman–Crippen MR) is 73.8 cm³/mol. The van der Waals surface area contributed by atoms with Crippen LogP contribution in [-0.2, 0) is 9.59 Å². The van der Waals surface area contributed by atoms with Crippen LogP contribution >= 0.6 is 0 Å². The van der Waals surface area contributed by atoms with Crippen LogP contribution in [0, 0.1) is 6.92 Å². The van der Waals surface area contributed by atoms with Gasteiger partial charge in [-0.05, 0) is 48.9 Å². The molecular formula is C14H12N2O4. The van der Waals surface area contributed by atoms with Crippen molar-refractivity contribution in [1.82, 2.24) is 0 Å². The lowest BCUT2D eigenvalue weighted by Gasteiger charge is -2.06. The number of rotatable bonds is 3. The van der Waals surface area contributed by atoms with Crippen molar-refractivity contribution >= 4 is 23.2 Å². The van der Waals surface area contributed by atoms with Crippen LogP contribution in [0.4, 0.5) is 5.69 Å². The zero-order valence-corrected chi connectivity index (χ0v) is 10.6. The van der Waals surface area contributed by atoms with Crippen molar-refractivity contribution in [2.24, 2.45) is 5.10 Å². The number of allylic oxidation sites excluding steroid dienone is 3. The van der Waals surface area contributed by atoms with Crippen LogP contribution in [0.5, 0.6) is 5.75 Å². The number of nitrogens with one attached hydrogen (secondary N) is 1. The summed E-state index contributed by atoms with van der Waals surface area (Å²) in [6.45, 7) is 1.75. The summed E-state index contributed by atoms with van der Waals surface area (Å²) >= 11 is 0. The normalized spacial score (nSPS) is 16.1. The molecule has 0 bridgehead atoms. The van der Waals surface area contributed by atoms with Crippen molar-refractivity contribution in [3.05, 3.63) is 47.6 Å². The second kappa shape index (κ2) is 5.40. The molecule has 2 rings (SSSR count). The minimum atomic E-state index is -1.28. The number of phenols is 1. The molecule has 20 heavy (non-hydrogen) atoms. The molecule has 6 nitrogen and oxygen atoms in total. The minimum absolute atomic E-state index is 0.180. The maximum atomic E-state index is 11.3. The van der Waals surface area contributed by atoms with Crippen LogP contribution in [0.2, 0.25) is 0 Å². The highest BCUT2D eigenvalue weighted by Gasteiger charge is 2.18. The molecule has 0 amide bonds. The van der Waals surface area contributed by atoms with Gasteiger partial charge in [0.15, 0.2) is 5.78 Å². The molecular weight excluding hydrogens is 260 g/mol. The van der Waals surface area contributed by atoms with Gasteiger partial charge in [-0.3, -0.25) is 10.2 Å². The first-order valence-corrected chi connectivity index (χ1v) is 5.78. The largest absolute Gasteiger partial charge is 0.508 e. The number of carboxylic acids is 1. The van der Waals surface area contributed by atoms with Crippen LogP contribution in [-0.4, -0.2) is 27.7 Å². The highest BCUT2D eigenvalue weighted by Crippen LogP contribution is 2.20. The highest BCUT2D eigenvalue weighted by atomic mass is 16.4. The van der Waals surface area contributed by atoms with Crippen LogP contribution in [0.15, 0.2) is 47.1 Å². The summed E-state index contributed by atoms with van der Waals surface area (Å²) in [5.74, 6) is -1.66. The Kier molecular flexibility index (Phi) is 3.65. The fourth-order valence-electron chi connectivity index (χ4n) is 1.61. The number of ketones is 1. The molecule has 0 spiro atoms. The number of benzene rings is 1. The first-order valence-electron chi connectivity index (χ1n) is 5.78. The number of nitrogens with zero attached hydrogens (tertiary/aromatic N) is 1. The predicted octanol–water partition coefficient (Wildman–Crippen LogP) is 1.62. The van der Waals surface area contributed by atoms with E-state index >= 15 is 0 Å². The van der Waals surface area contributed by atoms with E-state index in [1.165, 1.54) is 18.2 Å². The van der Waals surface area contributed by atoms with Gasteiger partial charge in [0.1, 0.15) is 11.3 Å². The third kappa shape index (κ3) is 2.92. The Balaban J connectivity index is 2.19. The van der Waals surface area contributed by atoms with E-state index in [2.05, 4.69) is 10.5 Å². The minimum Gasteiger partial charge on any atom is -0.508 e. The van der Waals surface area contributed by atoms with Crippen molar-refractivity contribution in [2.75, 3.05) is 5.43 Å². The van der Waals surface area contributed by atoms with E-state index in [-0.39, 0.29) is 11.3 Å². The Hall–Kier alpha value is -2.89. The van der Waals surface area contributed by atoms with Crippen LogP contribution in [0.1, 0.15) is 5.56 Å². The van der Waals surface area contributed by atoms with Crippen LogP contribution < -0.4 is 5.43 Å². The van der Waals surface area contributed by atoms with Gasteiger partial charge in [-0.25, -0.2) is 4.79 Å². The molecule has 0 radical (unpaired) electrons. The number of hydrogen-bond donors (Lipinski definition) is 3. The number of anilines is 1. The average Bonchev–Trinajstić information content (AvgIpc) is 2.41. The molecule has 0 saturated carbocycles. The summed E-state index contributed by atoms with van der Waals surface area (Å²) in [5, 5.41) is 22.2. The Morgan fingerprint density at radius 3 is 2.70 bits per heavy atom. The third-order valence-electron chi connectivity index (χ3n) is 2.70. The Morgan fingerprint density at radius 1 is 1.30 bits per heavy atom. The summed E-state index contributed by atoms with van der Waals surface area (Å²) in [4.78, 5) is 22.1. The maximum absolute atomic E-state index is 11.3. The molecule has 0 fully saturated rings.